The third kappa shape index (κ3) is 2.12. The highest BCUT2D eigenvalue weighted by Gasteiger charge is 2.42. The Morgan fingerprint density at radius 3 is 2.29 bits per heavy atom. The Hall–Kier alpha value is -0.0800. The fourth-order valence-electron chi connectivity index (χ4n) is 3.08. The lowest BCUT2D eigenvalue weighted by atomic mass is 9.67. The van der Waals surface area contributed by atoms with Gasteiger partial charge < -0.3 is 9.64 Å². The molecule has 2 heteroatoms. The number of hydrogen-bond donors (Lipinski definition) is 0. The Kier molecular flexibility index (Phi) is 2.61. The van der Waals surface area contributed by atoms with E-state index in [1.54, 1.807) is 0 Å². The minimum Gasteiger partial charge on any atom is -0.380 e. The van der Waals surface area contributed by atoms with Gasteiger partial charge in [-0.15, -0.1) is 0 Å². The zero-order valence-electron chi connectivity index (χ0n) is 9.81. The second-order valence-corrected chi connectivity index (χ2v) is 6.14. The van der Waals surface area contributed by atoms with E-state index in [2.05, 4.69) is 25.8 Å². The van der Waals surface area contributed by atoms with Crippen LogP contribution >= 0.6 is 0 Å². The molecule has 0 aliphatic carbocycles. The molecular formula is C12H23NO. The monoisotopic (exact) mass is 197 g/mol. The first kappa shape index (κ1) is 10.4. The fourth-order valence-corrected chi connectivity index (χ4v) is 3.08. The van der Waals surface area contributed by atoms with Crippen molar-refractivity contribution >= 4 is 0 Å². The molecule has 0 atom stereocenters. The zero-order valence-corrected chi connectivity index (χ0v) is 9.81. The predicted molar refractivity (Wildman–Crippen MR) is 58.4 cm³/mol. The van der Waals surface area contributed by atoms with Crippen LogP contribution in [0.25, 0.3) is 0 Å². The van der Waals surface area contributed by atoms with Gasteiger partial charge in [-0.25, -0.2) is 0 Å². The lowest BCUT2D eigenvalue weighted by molar-refractivity contribution is -0.0975. The molecule has 0 aromatic carbocycles. The van der Waals surface area contributed by atoms with E-state index in [9.17, 15) is 0 Å². The van der Waals surface area contributed by atoms with Gasteiger partial charge >= 0.3 is 0 Å². The lowest BCUT2D eigenvalue weighted by Crippen LogP contribution is -2.47. The molecule has 0 N–H and O–H groups in total. The molecule has 2 fully saturated rings. The van der Waals surface area contributed by atoms with Gasteiger partial charge in [0.1, 0.15) is 0 Å². The first-order valence-electron chi connectivity index (χ1n) is 5.78. The quantitative estimate of drug-likeness (QED) is 0.590. The first-order valence-corrected chi connectivity index (χ1v) is 5.78. The van der Waals surface area contributed by atoms with Crippen molar-refractivity contribution in [3.63, 3.8) is 0 Å². The summed E-state index contributed by atoms with van der Waals surface area (Å²) in [4.78, 5) is 2.44. The summed E-state index contributed by atoms with van der Waals surface area (Å²) >= 11 is 0. The molecule has 2 rings (SSSR count). The maximum absolute atomic E-state index is 5.79. The van der Waals surface area contributed by atoms with Crippen LogP contribution in [-0.4, -0.2) is 38.3 Å². The van der Waals surface area contributed by atoms with Gasteiger partial charge in [-0.3, -0.25) is 0 Å². The largest absolute Gasteiger partial charge is 0.380 e. The van der Waals surface area contributed by atoms with Crippen molar-refractivity contribution in [3.05, 3.63) is 0 Å². The van der Waals surface area contributed by atoms with E-state index in [0.717, 1.165) is 13.2 Å². The minimum absolute atomic E-state index is 0.397. The van der Waals surface area contributed by atoms with E-state index < -0.39 is 0 Å². The van der Waals surface area contributed by atoms with Crippen molar-refractivity contribution in [2.45, 2.75) is 33.1 Å². The molecule has 0 bridgehead atoms. The standard InChI is InChI=1S/C12H23NO/c1-11(2)8-12(10-14-9-11)4-6-13(3)7-5-12/h4-10H2,1-3H3. The van der Waals surface area contributed by atoms with Crippen LogP contribution in [0.1, 0.15) is 33.1 Å². The molecule has 0 aromatic rings. The van der Waals surface area contributed by atoms with Crippen LogP contribution in [-0.2, 0) is 4.74 Å². The number of nitrogens with zero attached hydrogens (tertiary/aromatic N) is 1. The molecule has 0 aromatic heterocycles. The van der Waals surface area contributed by atoms with Crippen molar-refractivity contribution in [1.82, 2.24) is 4.90 Å². The molecule has 2 aliphatic heterocycles. The van der Waals surface area contributed by atoms with Crippen LogP contribution in [0.2, 0.25) is 0 Å². The number of ether oxygens (including phenoxy) is 1. The van der Waals surface area contributed by atoms with Gasteiger partial charge in [0, 0.05) is 0 Å². The van der Waals surface area contributed by atoms with Gasteiger partial charge in [0.2, 0.25) is 0 Å². The summed E-state index contributed by atoms with van der Waals surface area (Å²) in [6, 6.07) is 0. The van der Waals surface area contributed by atoms with E-state index in [0.29, 0.717) is 10.8 Å². The molecule has 1 spiro atoms. The molecular weight excluding hydrogens is 174 g/mol. The maximum atomic E-state index is 5.79. The van der Waals surface area contributed by atoms with Crippen molar-refractivity contribution in [2.24, 2.45) is 10.8 Å². The van der Waals surface area contributed by atoms with Gasteiger partial charge in [-0.1, -0.05) is 13.8 Å². The second kappa shape index (κ2) is 3.49. The number of rotatable bonds is 0. The van der Waals surface area contributed by atoms with Crippen molar-refractivity contribution < 1.29 is 4.74 Å². The minimum atomic E-state index is 0.397. The summed E-state index contributed by atoms with van der Waals surface area (Å²) in [7, 11) is 2.22. The normalized spacial score (nSPS) is 31.9. The van der Waals surface area contributed by atoms with Crippen LogP contribution < -0.4 is 0 Å². The van der Waals surface area contributed by atoms with Gasteiger partial charge in [-0.2, -0.15) is 0 Å². The van der Waals surface area contributed by atoms with Crippen LogP contribution in [0.15, 0.2) is 0 Å². The smallest absolute Gasteiger partial charge is 0.0523 e. The molecule has 2 nitrogen and oxygen atoms in total. The maximum Gasteiger partial charge on any atom is 0.0523 e. The van der Waals surface area contributed by atoms with Gasteiger partial charge in [0.25, 0.3) is 0 Å². The van der Waals surface area contributed by atoms with E-state index in [1.807, 2.05) is 0 Å². The summed E-state index contributed by atoms with van der Waals surface area (Å²) in [5.74, 6) is 0. The highest BCUT2D eigenvalue weighted by molar-refractivity contribution is 4.92. The molecule has 2 heterocycles. The number of hydrogen-bond acceptors (Lipinski definition) is 2. The topological polar surface area (TPSA) is 12.5 Å². The van der Waals surface area contributed by atoms with Crippen molar-refractivity contribution in [3.8, 4) is 0 Å². The summed E-state index contributed by atoms with van der Waals surface area (Å²) in [5, 5.41) is 0. The highest BCUT2D eigenvalue weighted by atomic mass is 16.5. The average Bonchev–Trinajstić information content (AvgIpc) is 2.09. The highest BCUT2D eigenvalue weighted by Crippen LogP contribution is 2.45. The van der Waals surface area contributed by atoms with E-state index in [4.69, 9.17) is 4.74 Å². The molecule has 0 radical (unpaired) electrons. The Morgan fingerprint density at radius 1 is 1.07 bits per heavy atom. The van der Waals surface area contributed by atoms with Crippen LogP contribution in [0.3, 0.4) is 0 Å². The number of likely N-dealkylation sites (tertiary alicyclic amines) is 1. The van der Waals surface area contributed by atoms with E-state index in [1.165, 1.54) is 32.4 Å². The third-order valence-electron chi connectivity index (χ3n) is 3.80. The van der Waals surface area contributed by atoms with Crippen LogP contribution in [0.5, 0.6) is 0 Å². The van der Waals surface area contributed by atoms with Crippen LogP contribution in [0, 0.1) is 10.8 Å². The number of piperidine rings is 1. The molecule has 2 saturated heterocycles. The zero-order chi connectivity index (χ0) is 10.2. The first-order chi connectivity index (χ1) is 6.52. The van der Waals surface area contributed by atoms with Gasteiger partial charge in [-0.05, 0) is 50.2 Å². The van der Waals surface area contributed by atoms with Gasteiger partial charge in [0.05, 0.1) is 13.2 Å². The predicted octanol–water partition coefficient (Wildman–Crippen LogP) is 2.14. The Labute approximate surface area is 87.6 Å². The average molecular weight is 197 g/mol. The molecule has 14 heavy (non-hydrogen) atoms. The lowest BCUT2D eigenvalue weighted by Gasteiger charge is -2.48. The molecule has 0 saturated carbocycles. The third-order valence-corrected chi connectivity index (χ3v) is 3.80. The summed E-state index contributed by atoms with van der Waals surface area (Å²) < 4.78 is 5.79. The summed E-state index contributed by atoms with van der Waals surface area (Å²) in [6.45, 7) is 9.13. The second-order valence-electron chi connectivity index (χ2n) is 6.14. The van der Waals surface area contributed by atoms with Gasteiger partial charge in [0.15, 0.2) is 0 Å². The van der Waals surface area contributed by atoms with Crippen molar-refractivity contribution in [2.75, 3.05) is 33.4 Å². The SMILES string of the molecule is CN1CCC2(CC1)COCC(C)(C)C2. The summed E-state index contributed by atoms with van der Waals surface area (Å²) in [6.07, 6.45) is 4.01. The Balaban J connectivity index is 2.01. The molecule has 82 valence electrons. The Morgan fingerprint density at radius 2 is 1.71 bits per heavy atom. The summed E-state index contributed by atoms with van der Waals surface area (Å²) in [5.41, 5.74) is 0.905. The molecule has 2 aliphatic rings. The Bertz CT molecular complexity index is 204. The van der Waals surface area contributed by atoms with Crippen molar-refractivity contribution in [1.29, 1.82) is 0 Å². The van der Waals surface area contributed by atoms with Crippen LogP contribution in [0.4, 0.5) is 0 Å². The fraction of sp³-hybridized carbons (Fsp3) is 1.00. The molecule has 0 unspecified atom stereocenters. The van der Waals surface area contributed by atoms with E-state index >= 15 is 0 Å². The molecule has 0 amide bonds. The van der Waals surface area contributed by atoms with E-state index in [-0.39, 0.29) is 0 Å².